The molecular formula is C29H24N2O3. The maximum Gasteiger partial charge on any atom is 0.342 e. The predicted octanol–water partition coefficient (Wildman–Crippen LogP) is 6.74. The van der Waals surface area contributed by atoms with Gasteiger partial charge in [-0.25, -0.2) is 4.79 Å². The number of benzene rings is 4. The lowest BCUT2D eigenvalue weighted by atomic mass is 9.76. The maximum absolute atomic E-state index is 13.6. The molecule has 5 nitrogen and oxygen atoms in total. The van der Waals surface area contributed by atoms with E-state index in [2.05, 4.69) is 17.6 Å². The quantitative estimate of drug-likeness (QED) is 0.339. The summed E-state index contributed by atoms with van der Waals surface area (Å²) < 4.78 is 12.7. The van der Waals surface area contributed by atoms with Crippen LogP contribution in [0.15, 0.2) is 84.9 Å². The summed E-state index contributed by atoms with van der Waals surface area (Å²) in [7, 11) is 0. The number of carbonyl (C=O) groups excluding carboxylic acids is 1. The van der Waals surface area contributed by atoms with E-state index < -0.39 is 5.60 Å². The molecule has 0 amide bonds. The minimum atomic E-state index is -1.13. The Bertz CT molecular complexity index is 1380. The van der Waals surface area contributed by atoms with Crippen molar-refractivity contribution in [2.24, 2.45) is 0 Å². The third kappa shape index (κ3) is 2.83. The number of para-hydroxylation sites is 3. The van der Waals surface area contributed by atoms with Gasteiger partial charge in [-0.1, -0.05) is 54.6 Å². The lowest BCUT2D eigenvalue weighted by Gasteiger charge is -2.37. The van der Waals surface area contributed by atoms with E-state index in [1.165, 1.54) is 0 Å². The lowest BCUT2D eigenvalue weighted by molar-refractivity contribution is 0.0226. The van der Waals surface area contributed by atoms with E-state index in [0.29, 0.717) is 23.6 Å². The molecule has 2 aliphatic heterocycles. The minimum Gasteiger partial charge on any atom is -0.456 e. The van der Waals surface area contributed by atoms with Crippen molar-refractivity contribution < 1.29 is 14.3 Å². The number of anilines is 3. The molecule has 168 valence electrons. The van der Waals surface area contributed by atoms with E-state index in [0.717, 1.165) is 39.3 Å². The molecule has 0 saturated carbocycles. The van der Waals surface area contributed by atoms with Gasteiger partial charge in [0.1, 0.15) is 11.5 Å². The topological polar surface area (TPSA) is 59.6 Å². The van der Waals surface area contributed by atoms with Crippen LogP contribution in [0, 0.1) is 6.92 Å². The van der Waals surface area contributed by atoms with Gasteiger partial charge in [0, 0.05) is 34.6 Å². The highest BCUT2D eigenvalue weighted by Gasteiger charge is 2.56. The van der Waals surface area contributed by atoms with Gasteiger partial charge in [-0.05, 0) is 49.7 Å². The van der Waals surface area contributed by atoms with Crippen molar-refractivity contribution in [1.82, 2.24) is 0 Å². The van der Waals surface area contributed by atoms with Crippen LogP contribution in [0.1, 0.15) is 39.5 Å². The molecule has 0 aliphatic carbocycles. The van der Waals surface area contributed by atoms with Crippen LogP contribution in [0.3, 0.4) is 0 Å². The fraction of sp³-hybridized carbons (Fsp3) is 0.138. The van der Waals surface area contributed by atoms with Crippen molar-refractivity contribution in [2.75, 3.05) is 17.2 Å². The summed E-state index contributed by atoms with van der Waals surface area (Å²) in [5, 5.41) is 6.98. The highest BCUT2D eigenvalue weighted by molar-refractivity contribution is 6.05. The van der Waals surface area contributed by atoms with E-state index >= 15 is 0 Å². The number of fused-ring (bicyclic) bond motifs is 6. The van der Waals surface area contributed by atoms with Crippen LogP contribution >= 0.6 is 0 Å². The third-order valence-corrected chi connectivity index (χ3v) is 6.49. The summed E-state index contributed by atoms with van der Waals surface area (Å²) in [6, 6.07) is 27.6. The van der Waals surface area contributed by atoms with Crippen molar-refractivity contribution >= 4 is 23.0 Å². The molecule has 0 fully saturated rings. The van der Waals surface area contributed by atoms with E-state index in [9.17, 15) is 4.79 Å². The first-order valence-corrected chi connectivity index (χ1v) is 11.5. The van der Waals surface area contributed by atoms with Crippen molar-refractivity contribution in [3.05, 3.63) is 113 Å². The van der Waals surface area contributed by atoms with Crippen molar-refractivity contribution in [1.29, 1.82) is 0 Å². The second kappa shape index (κ2) is 7.66. The molecule has 2 aliphatic rings. The molecule has 6 rings (SSSR count). The molecular weight excluding hydrogens is 424 g/mol. The van der Waals surface area contributed by atoms with Gasteiger partial charge in [-0.15, -0.1) is 0 Å². The monoisotopic (exact) mass is 448 g/mol. The number of carbonyl (C=O) groups is 1. The summed E-state index contributed by atoms with van der Waals surface area (Å²) in [5.41, 5.74) is 5.43. The highest BCUT2D eigenvalue weighted by Crippen LogP contribution is 2.59. The van der Waals surface area contributed by atoms with Crippen LogP contribution in [0.4, 0.5) is 17.1 Å². The molecule has 2 heterocycles. The van der Waals surface area contributed by atoms with E-state index in [-0.39, 0.29) is 5.97 Å². The molecule has 2 N–H and O–H groups in total. The average molecular weight is 449 g/mol. The van der Waals surface area contributed by atoms with Gasteiger partial charge >= 0.3 is 5.97 Å². The smallest absolute Gasteiger partial charge is 0.342 e. The van der Waals surface area contributed by atoms with Gasteiger partial charge in [-0.3, -0.25) is 0 Å². The summed E-state index contributed by atoms with van der Waals surface area (Å²) >= 11 is 0. The average Bonchev–Trinajstić information content (AvgIpc) is 3.16. The number of ether oxygens (including phenoxy) is 2. The zero-order valence-corrected chi connectivity index (χ0v) is 19.0. The summed E-state index contributed by atoms with van der Waals surface area (Å²) in [4.78, 5) is 13.6. The summed E-state index contributed by atoms with van der Waals surface area (Å²) in [6.45, 7) is 4.76. The van der Waals surface area contributed by atoms with Gasteiger partial charge in [-0.2, -0.15) is 0 Å². The lowest BCUT2D eigenvalue weighted by Crippen LogP contribution is -2.33. The summed E-state index contributed by atoms with van der Waals surface area (Å²) in [6.07, 6.45) is 0. The first kappa shape index (κ1) is 20.4. The standard InChI is InChI=1S/C29H24N2O3/c1-3-30-22-17-18(2)27(31-19-11-5-4-6-12-19)26-25(22)28(32)34-29(26)20-13-7-9-15-23(20)33-24-16-10-8-14-21(24)29/h4-17,30-31H,3H2,1-2H3. The molecule has 0 radical (unpaired) electrons. The normalized spacial score (nSPS) is 14.5. The Morgan fingerprint density at radius 1 is 0.853 bits per heavy atom. The van der Waals surface area contributed by atoms with Crippen LogP contribution < -0.4 is 15.4 Å². The second-order valence-electron chi connectivity index (χ2n) is 8.55. The minimum absolute atomic E-state index is 0.353. The first-order chi connectivity index (χ1) is 16.6. The summed E-state index contributed by atoms with van der Waals surface area (Å²) in [5.74, 6) is 1.01. The predicted molar refractivity (Wildman–Crippen MR) is 133 cm³/mol. The Morgan fingerprint density at radius 2 is 1.47 bits per heavy atom. The van der Waals surface area contributed by atoms with Gasteiger partial charge in [0.25, 0.3) is 0 Å². The molecule has 0 saturated heterocycles. The fourth-order valence-corrected chi connectivity index (χ4v) is 5.12. The largest absolute Gasteiger partial charge is 0.456 e. The van der Waals surface area contributed by atoms with E-state index in [4.69, 9.17) is 9.47 Å². The Labute approximate surface area is 198 Å². The number of rotatable bonds is 4. The molecule has 4 aromatic rings. The molecule has 0 bridgehead atoms. The van der Waals surface area contributed by atoms with E-state index in [1.54, 1.807) is 0 Å². The second-order valence-corrected chi connectivity index (χ2v) is 8.55. The number of nitrogens with one attached hydrogen (secondary N) is 2. The van der Waals surface area contributed by atoms with E-state index in [1.807, 2.05) is 91.9 Å². The Morgan fingerprint density at radius 3 is 2.12 bits per heavy atom. The third-order valence-electron chi connectivity index (χ3n) is 6.49. The van der Waals surface area contributed by atoms with Gasteiger partial charge in [0.05, 0.1) is 11.3 Å². The SMILES string of the molecule is CCNc1cc(C)c(Nc2ccccc2)c2c1C(=O)OC21c2ccccc2Oc2ccccc21. The molecule has 34 heavy (non-hydrogen) atoms. The fourth-order valence-electron chi connectivity index (χ4n) is 5.12. The Kier molecular flexibility index (Phi) is 4.59. The van der Waals surface area contributed by atoms with Crippen LogP contribution in [0.25, 0.3) is 0 Å². The number of hydrogen-bond acceptors (Lipinski definition) is 5. The zero-order chi connectivity index (χ0) is 23.3. The van der Waals surface area contributed by atoms with Gasteiger partial charge < -0.3 is 20.1 Å². The van der Waals surface area contributed by atoms with Crippen molar-refractivity contribution in [2.45, 2.75) is 19.4 Å². The zero-order valence-electron chi connectivity index (χ0n) is 19.0. The van der Waals surface area contributed by atoms with Crippen LogP contribution in [-0.2, 0) is 10.3 Å². The first-order valence-electron chi connectivity index (χ1n) is 11.5. The highest BCUT2D eigenvalue weighted by atomic mass is 16.6. The van der Waals surface area contributed by atoms with Crippen LogP contribution in [0.2, 0.25) is 0 Å². The molecule has 0 unspecified atom stereocenters. The molecule has 4 aromatic carbocycles. The number of hydrogen-bond donors (Lipinski definition) is 2. The Hall–Kier alpha value is -4.25. The van der Waals surface area contributed by atoms with Crippen molar-refractivity contribution in [3.8, 4) is 11.5 Å². The number of aryl methyl sites for hydroxylation is 1. The van der Waals surface area contributed by atoms with Crippen LogP contribution in [-0.4, -0.2) is 12.5 Å². The van der Waals surface area contributed by atoms with Gasteiger partial charge in [0.15, 0.2) is 5.60 Å². The maximum atomic E-state index is 13.6. The van der Waals surface area contributed by atoms with Crippen LogP contribution in [0.5, 0.6) is 11.5 Å². The molecule has 0 atom stereocenters. The Balaban J connectivity index is 1.73. The number of esters is 1. The molecule has 0 aromatic heterocycles. The van der Waals surface area contributed by atoms with Crippen molar-refractivity contribution in [3.63, 3.8) is 0 Å². The molecule has 5 heteroatoms. The molecule has 1 spiro atoms. The van der Waals surface area contributed by atoms with Gasteiger partial charge in [0.2, 0.25) is 0 Å².